The summed E-state index contributed by atoms with van der Waals surface area (Å²) in [6, 6.07) is 7.03. The van der Waals surface area contributed by atoms with Gasteiger partial charge < -0.3 is 4.74 Å². The molecule has 18 heavy (non-hydrogen) atoms. The van der Waals surface area contributed by atoms with E-state index in [-0.39, 0.29) is 27.8 Å². The Morgan fingerprint density at radius 3 is 2.67 bits per heavy atom. The van der Waals surface area contributed by atoms with Crippen molar-refractivity contribution in [3.05, 3.63) is 50.9 Å². The Labute approximate surface area is 111 Å². The summed E-state index contributed by atoms with van der Waals surface area (Å²) in [7, 11) is 0. The Morgan fingerprint density at radius 1 is 1.22 bits per heavy atom. The molecule has 0 aliphatic heterocycles. The Kier molecular flexibility index (Phi) is 3.59. The third kappa shape index (κ3) is 3.06. The van der Waals surface area contributed by atoms with Crippen LogP contribution in [-0.4, -0.2) is 14.9 Å². The minimum atomic E-state index is -0.521. The predicted molar refractivity (Wildman–Crippen MR) is 65.2 cm³/mol. The molecule has 1 aromatic carbocycles. The van der Waals surface area contributed by atoms with Crippen LogP contribution in [0.2, 0.25) is 10.4 Å². The van der Waals surface area contributed by atoms with E-state index in [1.165, 1.54) is 24.3 Å². The van der Waals surface area contributed by atoms with Crippen molar-refractivity contribution in [3.63, 3.8) is 0 Å². The fourth-order valence-corrected chi connectivity index (χ4v) is 1.60. The molecule has 2 aromatic rings. The lowest BCUT2D eigenvalue weighted by Crippen LogP contribution is -1.92. The molecule has 0 unspecified atom stereocenters. The van der Waals surface area contributed by atoms with E-state index < -0.39 is 4.92 Å². The number of hydrogen-bond donors (Lipinski definition) is 0. The third-order valence-corrected chi connectivity index (χ3v) is 2.26. The molecule has 0 N–H and O–H groups in total. The van der Waals surface area contributed by atoms with Crippen LogP contribution in [0.5, 0.6) is 11.6 Å². The van der Waals surface area contributed by atoms with Gasteiger partial charge in [-0.1, -0.05) is 17.7 Å². The standard InChI is InChI=1S/C10H5Cl2N3O3/c11-8-5-9(14-10(12)13-8)18-7-3-1-2-6(4-7)15(16)17/h1-5H. The molecule has 6 nitrogen and oxygen atoms in total. The number of benzene rings is 1. The van der Waals surface area contributed by atoms with Gasteiger partial charge in [0.25, 0.3) is 5.69 Å². The van der Waals surface area contributed by atoms with Crippen molar-refractivity contribution < 1.29 is 9.66 Å². The number of nitro benzene ring substituents is 1. The first-order valence-corrected chi connectivity index (χ1v) is 5.42. The summed E-state index contributed by atoms with van der Waals surface area (Å²) in [6.07, 6.45) is 0. The molecule has 0 radical (unpaired) electrons. The van der Waals surface area contributed by atoms with Crippen LogP contribution in [0.4, 0.5) is 5.69 Å². The third-order valence-electron chi connectivity index (χ3n) is 1.89. The maximum atomic E-state index is 10.6. The zero-order valence-corrected chi connectivity index (χ0v) is 10.2. The summed E-state index contributed by atoms with van der Waals surface area (Å²) in [5, 5.41) is 10.7. The number of aromatic nitrogens is 2. The molecule has 0 atom stereocenters. The van der Waals surface area contributed by atoms with Crippen molar-refractivity contribution in [1.29, 1.82) is 0 Å². The van der Waals surface area contributed by atoms with Gasteiger partial charge in [0.1, 0.15) is 10.9 Å². The van der Waals surface area contributed by atoms with Gasteiger partial charge in [-0.05, 0) is 17.7 Å². The smallest absolute Gasteiger partial charge is 0.273 e. The molecule has 0 amide bonds. The van der Waals surface area contributed by atoms with Gasteiger partial charge in [-0.15, -0.1) is 0 Å². The highest BCUT2D eigenvalue weighted by Gasteiger charge is 2.08. The van der Waals surface area contributed by atoms with Crippen LogP contribution in [0.15, 0.2) is 30.3 Å². The lowest BCUT2D eigenvalue weighted by molar-refractivity contribution is -0.384. The van der Waals surface area contributed by atoms with E-state index in [9.17, 15) is 10.1 Å². The highest BCUT2D eigenvalue weighted by Crippen LogP contribution is 2.25. The number of rotatable bonds is 3. The number of halogens is 2. The average Bonchev–Trinajstić information content (AvgIpc) is 2.27. The van der Waals surface area contributed by atoms with Crippen molar-refractivity contribution in [2.45, 2.75) is 0 Å². The fraction of sp³-hybridized carbons (Fsp3) is 0. The first kappa shape index (κ1) is 12.5. The normalized spacial score (nSPS) is 10.1. The van der Waals surface area contributed by atoms with E-state index in [1.54, 1.807) is 6.07 Å². The molecule has 0 aliphatic rings. The van der Waals surface area contributed by atoms with Gasteiger partial charge in [0.05, 0.1) is 11.0 Å². The minimum absolute atomic E-state index is 0.0667. The molecule has 0 fully saturated rings. The van der Waals surface area contributed by atoms with Crippen molar-refractivity contribution in [2.75, 3.05) is 0 Å². The molecule has 92 valence electrons. The Hall–Kier alpha value is -1.92. The van der Waals surface area contributed by atoms with Crippen LogP contribution in [0.1, 0.15) is 0 Å². The van der Waals surface area contributed by atoms with Gasteiger partial charge in [0.15, 0.2) is 0 Å². The molecular weight excluding hydrogens is 281 g/mol. The molecule has 0 saturated heterocycles. The number of non-ortho nitro benzene ring substituents is 1. The number of hydrogen-bond acceptors (Lipinski definition) is 5. The Balaban J connectivity index is 2.28. The average molecular weight is 286 g/mol. The molecule has 1 heterocycles. The second kappa shape index (κ2) is 5.16. The highest BCUT2D eigenvalue weighted by atomic mass is 35.5. The van der Waals surface area contributed by atoms with Gasteiger partial charge in [-0.25, -0.2) is 4.98 Å². The van der Waals surface area contributed by atoms with Gasteiger partial charge in [0.2, 0.25) is 11.2 Å². The van der Waals surface area contributed by atoms with Crippen LogP contribution >= 0.6 is 23.2 Å². The number of ether oxygens (including phenoxy) is 1. The van der Waals surface area contributed by atoms with E-state index >= 15 is 0 Å². The Morgan fingerprint density at radius 2 is 2.00 bits per heavy atom. The monoisotopic (exact) mass is 285 g/mol. The maximum absolute atomic E-state index is 10.6. The first-order chi connectivity index (χ1) is 8.54. The largest absolute Gasteiger partial charge is 0.439 e. The molecule has 1 aromatic heterocycles. The molecule has 0 spiro atoms. The minimum Gasteiger partial charge on any atom is -0.439 e. The zero-order valence-electron chi connectivity index (χ0n) is 8.71. The van der Waals surface area contributed by atoms with Crippen LogP contribution < -0.4 is 4.74 Å². The topological polar surface area (TPSA) is 78.2 Å². The van der Waals surface area contributed by atoms with Crippen molar-refractivity contribution in [1.82, 2.24) is 9.97 Å². The second-order valence-corrected chi connectivity index (χ2v) is 3.88. The second-order valence-electron chi connectivity index (χ2n) is 3.15. The first-order valence-electron chi connectivity index (χ1n) is 4.67. The molecule has 2 rings (SSSR count). The van der Waals surface area contributed by atoms with E-state index in [2.05, 4.69) is 9.97 Å². The van der Waals surface area contributed by atoms with Crippen molar-refractivity contribution >= 4 is 28.9 Å². The van der Waals surface area contributed by atoms with E-state index in [0.717, 1.165) is 0 Å². The number of nitro groups is 1. The predicted octanol–water partition coefficient (Wildman–Crippen LogP) is 3.48. The van der Waals surface area contributed by atoms with E-state index in [1.807, 2.05) is 0 Å². The van der Waals surface area contributed by atoms with Crippen LogP contribution in [0.25, 0.3) is 0 Å². The van der Waals surface area contributed by atoms with E-state index in [4.69, 9.17) is 27.9 Å². The highest BCUT2D eigenvalue weighted by molar-refractivity contribution is 6.31. The van der Waals surface area contributed by atoms with Gasteiger partial charge >= 0.3 is 0 Å². The summed E-state index contributed by atoms with van der Waals surface area (Å²) >= 11 is 11.3. The van der Waals surface area contributed by atoms with Crippen LogP contribution in [0, 0.1) is 10.1 Å². The SMILES string of the molecule is O=[N+]([O-])c1cccc(Oc2cc(Cl)nc(Cl)n2)c1. The lowest BCUT2D eigenvalue weighted by atomic mass is 10.3. The van der Waals surface area contributed by atoms with Crippen molar-refractivity contribution in [3.8, 4) is 11.6 Å². The Bertz CT molecular complexity index is 586. The summed E-state index contributed by atoms with van der Waals surface area (Å²) in [4.78, 5) is 17.5. The molecule has 0 aliphatic carbocycles. The molecular formula is C10H5Cl2N3O3. The molecule has 8 heteroatoms. The van der Waals surface area contributed by atoms with Crippen LogP contribution in [0.3, 0.4) is 0 Å². The van der Waals surface area contributed by atoms with Gasteiger partial charge in [-0.2, -0.15) is 4.98 Å². The summed E-state index contributed by atoms with van der Waals surface area (Å²) in [5.74, 6) is 0.371. The summed E-state index contributed by atoms with van der Waals surface area (Å²) < 4.78 is 5.31. The van der Waals surface area contributed by atoms with Crippen molar-refractivity contribution in [2.24, 2.45) is 0 Å². The van der Waals surface area contributed by atoms with E-state index in [0.29, 0.717) is 0 Å². The lowest BCUT2D eigenvalue weighted by Gasteiger charge is -2.04. The molecule has 0 bridgehead atoms. The van der Waals surface area contributed by atoms with Gasteiger partial charge in [0, 0.05) is 12.1 Å². The quantitative estimate of drug-likeness (QED) is 0.373. The maximum Gasteiger partial charge on any atom is 0.273 e. The summed E-state index contributed by atoms with van der Waals surface area (Å²) in [6.45, 7) is 0. The summed E-state index contributed by atoms with van der Waals surface area (Å²) in [5.41, 5.74) is -0.0845. The van der Waals surface area contributed by atoms with Crippen LogP contribution in [-0.2, 0) is 0 Å². The van der Waals surface area contributed by atoms with Gasteiger partial charge in [-0.3, -0.25) is 10.1 Å². The number of nitrogens with zero attached hydrogens (tertiary/aromatic N) is 3. The molecule has 0 saturated carbocycles. The fourth-order valence-electron chi connectivity index (χ4n) is 1.20. The zero-order chi connectivity index (χ0) is 13.1.